The van der Waals surface area contributed by atoms with Crippen molar-refractivity contribution in [1.82, 2.24) is 25.2 Å². The quantitative estimate of drug-likeness (QED) is 0.646. The van der Waals surface area contributed by atoms with E-state index in [9.17, 15) is 22.8 Å². The third-order valence-electron chi connectivity index (χ3n) is 4.71. The molecule has 0 bridgehead atoms. The summed E-state index contributed by atoms with van der Waals surface area (Å²) in [4.78, 5) is 34.3. The lowest BCUT2D eigenvalue weighted by Crippen LogP contribution is -2.49. The Labute approximate surface area is 173 Å². The first-order chi connectivity index (χ1) is 14.7. The molecule has 0 saturated carbocycles. The van der Waals surface area contributed by atoms with Crippen molar-refractivity contribution in [3.8, 4) is 0 Å². The van der Waals surface area contributed by atoms with Gasteiger partial charge in [0.2, 0.25) is 5.82 Å². The second kappa shape index (κ2) is 7.78. The molecule has 31 heavy (non-hydrogen) atoms. The highest BCUT2D eigenvalue weighted by atomic mass is 19.4. The van der Waals surface area contributed by atoms with Crippen LogP contribution in [-0.2, 0) is 17.4 Å². The van der Waals surface area contributed by atoms with Crippen LogP contribution in [0.4, 0.5) is 19.0 Å². The van der Waals surface area contributed by atoms with Crippen molar-refractivity contribution in [1.29, 1.82) is 0 Å². The monoisotopic (exact) mass is 434 g/mol. The molecule has 4 rings (SSSR count). The van der Waals surface area contributed by atoms with Crippen LogP contribution in [0.3, 0.4) is 0 Å². The number of carbonyl (C=O) groups excluding carboxylic acids is 2. The number of halogens is 3. The number of fused-ring (bicyclic) bond motifs is 1. The number of aromatic amines is 1. The molecule has 3 aromatic rings. The molecule has 2 aromatic heterocycles. The number of nitrogens with zero attached hydrogens (tertiary/aromatic N) is 4. The Morgan fingerprint density at radius 3 is 2.74 bits per heavy atom. The standard InChI is InChI=1S/C19H17F3N6O3/c1-27-15-8-12(19(20,21)22)9-28(15)31-10-13(18(27)30)23-17(29)16-24-14(25-26-16)7-11-5-3-2-4-6-11/h2-6,8-9,13H,7,10H2,1H3,(H,23,29)(H,24,25,26)/t13-/m0/s1. The number of H-pyrrole nitrogens is 1. The van der Waals surface area contributed by atoms with Gasteiger partial charge in [0.05, 0.1) is 11.8 Å². The average Bonchev–Trinajstić information content (AvgIpc) is 3.35. The normalized spacial score (nSPS) is 16.5. The van der Waals surface area contributed by atoms with Crippen LogP contribution in [0.2, 0.25) is 0 Å². The van der Waals surface area contributed by atoms with Crippen LogP contribution in [0.1, 0.15) is 27.6 Å². The molecule has 0 radical (unpaired) electrons. The van der Waals surface area contributed by atoms with Crippen LogP contribution in [-0.4, -0.2) is 51.4 Å². The molecule has 1 aliphatic rings. The van der Waals surface area contributed by atoms with E-state index in [1.165, 1.54) is 7.05 Å². The zero-order valence-electron chi connectivity index (χ0n) is 16.2. The molecule has 0 saturated heterocycles. The van der Waals surface area contributed by atoms with Crippen LogP contribution < -0.4 is 15.1 Å². The van der Waals surface area contributed by atoms with Crippen molar-refractivity contribution >= 4 is 17.6 Å². The average molecular weight is 434 g/mol. The van der Waals surface area contributed by atoms with Gasteiger partial charge in [-0.2, -0.15) is 17.9 Å². The van der Waals surface area contributed by atoms with Gasteiger partial charge in [-0.1, -0.05) is 30.3 Å². The van der Waals surface area contributed by atoms with Gasteiger partial charge in [-0.15, -0.1) is 10.2 Å². The zero-order valence-corrected chi connectivity index (χ0v) is 16.2. The van der Waals surface area contributed by atoms with Crippen LogP contribution in [0.5, 0.6) is 0 Å². The molecule has 1 aromatic carbocycles. The highest BCUT2D eigenvalue weighted by molar-refractivity contribution is 6.01. The molecule has 9 nitrogen and oxygen atoms in total. The summed E-state index contributed by atoms with van der Waals surface area (Å²) in [5.74, 6) is -1.05. The van der Waals surface area contributed by atoms with Gasteiger partial charge >= 0.3 is 6.18 Å². The first-order valence-corrected chi connectivity index (χ1v) is 9.19. The minimum atomic E-state index is -4.58. The Kier molecular flexibility index (Phi) is 5.13. The Hall–Kier alpha value is -3.83. The SMILES string of the molecule is CN1C(=O)[C@@H](NC(=O)c2nnc(Cc3ccccc3)[nH]2)COn2cc(C(F)(F)F)cc21. The van der Waals surface area contributed by atoms with Gasteiger partial charge in [-0.3, -0.25) is 14.5 Å². The Morgan fingerprint density at radius 2 is 2.03 bits per heavy atom. The van der Waals surface area contributed by atoms with E-state index >= 15 is 0 Å². The molecule has 3 heterocycles. The largest absolute Gasteiger partial charge is 0.418 e. The summed E-state index contributed by atoms with van der Waals surface area (Å²) in [6.45, 7) is -0.362. The van der Waals surface area contributed by atoms with E-state index in [1.54, 1.807) is 0 Å². The number of hydrogen-bond acceptors (Lipinski definition) is 5. The third kappa shape index (κ3) is 4.22. The van der Waals surface area contributed by atoms with Crippen molar-refractivity contribution in [2.75, 3.05) is 18.6 Å². The smallest absolute Gasteiger partial charge is 0.410 e. The maximum atomic E-state index is 12.9. The fourth-order valence-electron chi connectivity index (χ4n) is 3.11. The van der Waals surface area contributed by atoms with Gasteiger partial charge in [0.25, 0.3) is 11.8 Å². The van der Waals surface area contributed by atoms with Gasteiger partial charge in [0.15, 0.2) is 5.82 Å². The Balaban J connectivity index is 1.44. The fraction of sp³-hybridized carbons (Fsp3) is 0.263. The highest BCUT2D eigenvalue weighted by Gasteiger charge is 2.37. The van der Waals surface area contributed by atoms with E-state index in [2.05, 4.69) is 20.5 Å². The number of carbonyl (C=O) groups is 2. The third-order valence-corrected chi connectivity index (χ3v) is 4.71. The first kappa shape index (κ1) is 20.4. The van der Waals surface area contributed by atoms with E-state index in [4.69, 9.17) is 4.84 Å². The summed E-state index contributed by atoms with van der Waals surface area (Å²) < 4.78 is 39.7. The van der Waals surface area contributed by atoms with E-state index < -0.39 is 29.6 Å². The number of likely N-dealkylation sites (N-methyl/N-ethyl adjacent to an activating group) is 1. The second-order valence-corrected chi connectivity index (χ2v) is 6.91. The highest BCUT2D eigenvalue weighted by Crippen LogP contribution is 2.33. The van der Waals surface area contributed by atoms with Crippen molar-refractivity contribution in [2.45, 2.75) is 18.6 Å². The van der Waals surface area contributed by atoms with Crippen LogP contribution in [0.15, 0.2) is 42.6 Å². The van der Waals surface area contributed by atoms with Crippen molar-refractivity contribution < 1.29 is 27.6 Å². The molecule has 1 atom stereocenters. The molecule has 2 N–H and O–H groups in total. The number of benzene rings is 1. The van der Waals surface area contributed by atoms with Crippen LogP contribution >= 0.6 is 0 Å². The van der Waals surface area contributed by atoms with E-state index in [0.29, 0.717) is 12.2 Å². The molecular weight excluding hydrogens is 417 g/mol. The van der Waals surface area contributed by atoms with E-state index in [0.717, 1.165) is 27.5 Å². The summed E-state index contributed by atoms with van der Waals surface area (Å²) in [6.07, 6.45) is -3.40. The molecule has 12 heteroatoms. The lowest BCUT2D eigenvalue weighted by Gasteiger charge is -2.18. The lowest BCUT2D eigenvalue weighted by atomic mass is 10.1. The number of amides is 2. The van der Waals surface area contributed by atoms with Gasteiger partial charge in [-0.25, -0.2) is 0 Å². The van der Waals surface area contributed by atoms with Gasteiger partial charge < -0.3 is 15.1 Å². The van der Waals surface area contributed by atoms with Crippen molar-refractivity contribution in [3.63, 3.8) is 0 Å². The van der Waals surface area contributed by atoms with Crippen LogP contribution in [0, 0.1) is 0 Å². The maximum Gasteiger partial charge on any atom is 0.418 e. The topological polar surface area (TPSA) is 105 Å². The number of nitrogens with one attached hydrogen (secondary N) is 2. The molecule has 0 unspecified atom stereocenters. The molecule has 0 aliphatic carbocycles. The van der Waals surface area contributed by atoms with Crippen molar-refractivity contribution in [3.05, 3.63) is 65.4 Å². The summed E-state index contributed by atoms with van der Waals surface area (Å²) in [5.41, 5.74) is 0.0250. The second-order valence-electron chi connectivity index (χ2n) is 6.91. The summed E-state index contributed by atoms with van der Waals surface area (Å²) >= 11 is 0. The predicted octanol–water partition coefficient (Wildman–Crippen LogP) is 1.42. The number of alkyl halides is 3. The molecule has 1 aliphatic heterocycles. The molecular formula is C19H17F3N6O3. The van der Waals surface area contributed by atoms with Gasteiger partial charge in [0, 0.05) is 13.5 Å². The van der Waals surface area contributed by atoms with Gasteiger partial charge in [0.1, 0.15) is 18.5 Å². The van der Waals surface area contributed by atoms with Crippen LogP contribution in [0.25, 0.3) is 0 Å². The lowest BCUT2D eigenvalue weighted by molar-refractivity contribution is -0.138. The van der Waals surface area contributed by atoms with Crippen molar-refractivity contribution in [2.24, 2.45) is 0 Å². The maximum absolute atomic E-state index is 12.9. The Bertz CT molecular complexity index is 1110. The predicted molar refractivity (Wildman–Crippen MR) is 101 cm³/mol. The molecule has 162 valence electrons. The van der Waals surface area contributed by atoms with E-state index in [-0.39, 0.29) is 18.2 Å². The van der Waals surface area contributed by atoms with E-state index in [1.807, 2.05) is 30.3 Å². The first-order valence-electron chi connectivity index (χ1n) is 9.19. The number of aromatic nitrogens is 4. The zero-order chi connectivity index (χ0) is 22.2. The number of anilines is 1. The summed E-state index contributed by atoms with van der Waals surface area (Å²) in [6, 6.07) is 9.11. The summed E-state index contributed by atoms with van der Waals surface area (Å²) in [7, 11) is 1.30. The molecule has 0 spiro atoms. The summed E-state index contributed by atoms with van der Waals surface area (Å²) in [5, 5.41) is 10.2. The molecule has 0 fully saturated rings. The minimum absolute atomic E-state index is 0.0930. The number of rotatable bonds is 4. The fourth-order valence-corrected chi connectivity index (χ4v) is 3.11. The minimum Gasteiger partial charge on any atom is -0.410 e. The Morgan fingerprint density at radius 1 is 1.29 bits per heavy atom. The number of hydrogen-bond donors (Lipinski definition) is 2. The van der Waals surface area contributed by atoms with Gasteiger partial charge in [-0.05, 0) is 11.6 Å². The molecule has 2 amide bonds.